The molecule has 8 heteroatoms. The quantitative estimate of drug-likeness (QED) is 0.288. The number of aliphatic hydroxyl groups is 1. The van der Waals surface area contributed by atoms with Crippen molar-refractivity contribution in [3.63, 3.8) is 0 Å². The number of rotatable bonds is 9. The Bertz CT molecular complexity index is 1610. The third-order valence-corrected chi connectivity index (χ3v) is 8.43. The van der Waals surface area contributed by atoms with Gasteiger partial charge in [0.05, 0.1) is 28.5 Å². The minimum Gasteiger partial charge on any atom is -0.390 e. The highest BCUT2D eigenvalue weighted by molar-refractivity contribution is 5.70. The lowest BCUT2D eigenvalue weighted by Gasteiger charge is -2.42. The van der Waals surface area contributed by atoms with E-state index in [-0.39, 0.29) is 11.6 Å². The van der Waals surface area contributed by atoms with Gasteiger partial charge in [-0.1, -0.05) is 55.8 Å². The Labute approximate surface area is 241 Å². The Balaban J connectivity index is 1.50. The van der Waals surface area contributed by atoms with Gasteiger partial charge in [0.15, 0.2) is 0 Å². The number of hydrogen-bond acceptors (Lipinski definition) is 6. The smallest absolute Gasteiger partial charge is 0.259 e. The van der Waals surface area contributed by atoms with Gasteiger partial charge >= 0.3 is 0 Å². The second-order valence-electron chi connectivity index (χ2n) is 12.0. The van der Waals surface area contributed by atoms with E-state index in [0.717, 1.165) is 66.5 Å². The fourth-order valence-electron chi connectivity index (χ4n) is 6.54. The largest absolute Gasteiger partial charge is 0.390 e. The predicted molar refractivity (Wildman–Crippen MR) is 159 cm³/mol. The van der Waals surface area contributed by atoms with Crippen LogP contribution < -0.4 is 5.56 Å². The number of methoxy groups -OCH3 is 1. The normalized spacial score (nSPS) is 19.4. The second kappa shape index (κ2) is 11.6. The topological polar surface area (TPSA) is 105 Å². The number of ether oxygens (including phenoxy) is 1. The van der Waals surface area contributed by atoms with Crippen LogP contribution in [-0.2, 0) is 17.6 Å². The molecule has 2 aromatic heterocycles. The number of nitrogens with zero attached hydrogens (tertiary/aromatic N) is 5. The van der Waals surface area contributed by atoms with Crippen molar-refractivity contribution in [3.05, 3.63) is 87.6 Å². The lowest BCUT2D eigenvalue weighted by molar-refractivity contribution is -0.0977. The van der Waals surface area contributed by atoms with Crippen LogP contribution in [-0.4, -0.2) is 42.6 Å². The van der Waals surface area contributed by atoms with E-state index in [0.29, 0.717) is 24.2 Å². The van der Waals surface area contributed by atoms with Crippen molar-refractivity contribution in [1.29, 1.82) is 5.26 Å². The van der Waals surface area contributed by atoms with Gasteiger partial charge < -0.3 is 9.84 Å². The zero-order valence-electron chi connectivity index (χ0n) is 24.4. The van der Waals surface area contributed by atoms with Gasteiger partial charge in [0.25, 0.3) is 5.56 Å². The maximum Gasteiger partial charge on any atom is 0.259 e. The van der Waals surface area contributed by atoms with Crippen molar-refractivity contribution in [1.82, 2.24) is 19.2 Å². The molecule has 2 aromatic carbocycles. The van der Waals surface area contributed by atoms with Gasteiger partial charge in [-0.2, -0.15) is 15.3 Å². The standard InChI is InChI=1S/C33H39N5O3/c1-5-8-29-28(19-23-11-13-24(14-12-23)27-10-7-6-9-25(27)20-34)30(39)37(31-35-22-36-38(29)31)26-15-17-33(41-4,18-16-26)21-32(2,3)40/h6-7,9-14,22,26,40H,5,8,15-19,21H2,1-4H3/t26-,33+. The lowest BCUT2D eigenvalue weighted by Crippen LogP contribution is -2.44. The number of aryl methyl sites for hydroxylation is 1. The Morgan fingerprint density at radius 1 is 1.15 bits per heavy atom. The van der Waals surface area contributed by atoms with Crippen LogP contribution in [0.25, 0.3) is 16.9 Å². The van der Waals surface area contributed by atoms with E-state index in [1.165, 1.54) is 6.33 Å². The fraction of sp³-hybridized carbons (Fsp3) is 0.455. The minimum absolute atomic E-state index is 0.00902. The molecule has 2 heterocycles. The molecule has 0 unspecified atom stereocenters. The third kappa shape index (κ3) is 5.83. The number of nitriles is 1. The summed E-state index contributed by atoms with van der Waals surface area (Å²) in [6.45, 7) is 5.74. The molecule has 1 aliphatic carbocycles. The molecule has 1 aliphatic rings. The highest BCUT2D eigenvalue weighted by atomic mass is 16.5. The first kappa shape index (κ1) is 28.7. The third-order valence-electron chi connectivity index (χ3n) is 8.43. The molecule has 4 aromatic rings. The molecule has 1 N–H and O–H groups in total. The number of aromatic nitrogens is 4. The molecule has 0 atom stereocenters. The van der Waals surface area contributed by atoms with Crippen LogP contribution in [0.15, 0.2) is 59.7 Å². The molecule has 1 fully saturated rings. The van der Waals surface area contributed by atoms with E-state index in [4.69, 9.17) is 4.74 Å². The van der Waals surface area contributed by atoms with Crippen LogP contribution >= 0.6 is 0 Å². The molecule has 0 amide bonds. The van der Waals surface area contributed by atoms with E-state index < -0.39 is 11.2 Å². The molecule has 0 aliphatic heterocycles. The maximum atomic E-state index is 14.3. The van der Waals surface area contributed by atoms with Crippen LogP contribution in [0.4, 0.5) is 0 Å². The van der Waals surface area contributed by atoms with Gasteiger partial charge in [-0.05, 0) is 68.7 Å². The molecular formula is C33H39N5O3. The maximum absolute atomic E-state index is 14.3. The molecule has 5 rings (SSSR count). The van der Waals surface area contributed by atoms with Gasteiger partial charge in [-0.25, -0.2) is 4.52 Å². The fourth-order valence-corrected chi connectivity index (χ4v) is 6.54. The Kier molecular flexibility index (Phi) is 8.12. The van der Waals surface area contributed by atoms with Gasteiger partial charge in [0.1, 0.15) is 6.33 Å². The summed E-state index contributed by atoms with van der Waals surface area (Å²) in [5.74, 6) is 0.586. The van der Waals surface area contributed by atoms with Crippen LogP contribution in [0.2, 0.25) is 0 Å². The lowest BCUT2D eigenvalue weighted by atomic mass is 9.76. The van der Waals surface area contributed by atoms with Crippen molar-refractivity contribution in [2.24, 2.45) is 0 Å². The molecule has 8 nitrogen and oxygen atoms in total. The molecule has 0 saturated heterocycles. The summed E-state index contributed by atoms with van der Waals surface area (Å²) in [4.78, 5) is 18.8. The molecule has 0 bridgehead atoms. The average Bonchev–Trinajstić information content (AvgIpc) is 3.45. The van der Waals surface area contributed by atoms with Crippen LogP contribution in [0.5, 0.6) is 0 Å². The molecule has 1 saturated carbocycles. The first-order chi connectivity index (χ1) is 19.7. The highest BCUT2D eigenvalue weighted by Crippen LogP contribution is 2.41. The van der Waals surface area contributed by atoms with E-state index in [9.17, 15) is 15.2 Å². The van der Waals surface area contributed by atoms with Crippen LogP contribution in [0, 0.1) is 11.3 Å². The number of fused-ring (bicyclic) bond motifs is 1. The Hall–Kier alpha value is -3.80. The van der Waals surface area contributed by atoms with E-state index >= 15 is 0 Å². The van der Waals surface area contributed by atoms with Gasteiger partial charge in [-0.3, -0.25) is 9.36 Å². The summed E-state index contributed by atoms with van der Waals surface area (Å²) in [5.41, 5.74) is 3.94. The molecule has 0 radical (unpaired) electrons. The first-order valence-electron chi connectivity index (χ1n) is 14.5. The highest BCUT2D eigenvalue weighted by Gasteiger charge is 2.40. The van der Waals surface area contributed by atoms with Gasteiger partial charge in [0, 0.05) is 31.6 Å². The number of hydrogen-bond donors (Lipinski definition) is 1. The Morgan fingerprint density at radius 3 is 2.49 bits per heavy atom. The van der Waals surface area contributed by atoms with Crippen molar-refractivity contribution < 1.29 is 9.84 Å². The molecule has 41 heavy (non-hydrogen) atoms. The summed E-state index contributed by atoms with van der Waals surface area (Å²) in [5, 5.41) is 24.6. The number of benzene rings is 2. The second-order valence-corrected chi connectivity index (χ2v) is 12.0. The summed E-state index contributed by atoms with van der Waals surface area (Å²) >= 11 is 0. The van der Waals surface area contributed by atoms with Gasteiger partial charge in [-0.15, -0.1) is 0 Å². The molecular weight excluding hydrogens is 514 g/mol. The predicted octanol–water partition coefficient (Wildman–Crippen LogP) is 5.63. The minimum atomic E-state index is -0.832. The summed E-state index contributed by atoms with van der Waals surface area (Å²) in [6.07, 6.45) is 7.19. The molecule has 0 spiro atoms. The zero-order chi connectivity index (χ0) is 29.2. The van der Waals surface area contributed by atoms with Gasteiger partial charge in [0.2, 0.25) is 5.78 Å². The van der Waals surface area contributed by atoms with Crippen LogP contribution in [0.1, 0.15) is 87.7 Å². The monoisotopic (exact) mass is 553 g/mol. The zero-order valence-corrected chi connectivity index (χ0v) is 24.4. The van der Waals surface area contributed by atoms with Crippen molar-refractivity contribution in [3.8, 4) is 17.2 Å². The van der Waals surface area contributed by atoms with E-state index in [1.54, 1.807) is 7.11 Å². The Morgan fingerprint density at radius 2 is 1.85 bits per heavy atom. The average molecular weight is 554 g/mol. The van der Waals surface area contributed by atoms with Crippen LogP contribution in [0.3, 0.4) is 0 Å². The summed E-state index contributed by atoms with van der Waals surface area (Å²) < 4.78 is 9.66. The summed E-state index contributed by atoms with van der Waals surface area (Å²) in [7, 11) is 1.72. The first-order valence-corrected chi connectivity index (χ1v) is 14.5. The van der Waals surface area contributed by atoms with Crippen molar-refractivity contribution >= 4 is 5.78 Å². The molecule has 214 valence electrons. The van der Waals surface area contributed by atoms with Crippen molar-refractivity contribution in [2.75, 3.05) is 7.11 Å². The van der Waals surface area contributed by atoms with Crippen molar-refractivity contribution in [2.45, 2.75) is 89.4 Å². The van der Waals surface area contributed by atoms with E-state index in [1.807, 2.05) is 71.5 Å². The SMILES string of the molecule is CCCc1c(Cc2ccc(-c3ccccc3C#N)cc2)c(=O)n([C@H]2CC[C@@](CC(C)(C)O)(OC)CC2)c2ncnn12. The van der Waals surface area contributed by atoms with E-state index in [2.05, 4.69) is 23.1 Å². The summed E-state index contributed by atoms with van der Waals surface area (Å²) in [6, 6.07) is 17.9.